The lowest BCUT2D eigenvalue weighted by molar-refractivity contribution is 0.447. The first kappa shape index (κ1) is 11.5. The van der Waals surface area contributed by atoms with E-state index in [0.29, 0.717) is 5.88 Å². The topological polar surface area (TPSA) is 47.0 Å². The number of nitrogens with zero attached hydrogens (tertiary/aromatic N) is 2. The number of benzene rings is 1. The fourth-order valence-electron chi connectivity index (χ4n) is 1.54. The molecule has 88 valence electrons. The Bertz CT molecular complexity index is 500. The van der Waals surface area contributed by atoms with Gasteiger partial charge >= 0.3 is 0 Å². The Kier molecular flexibility index (Phi) is 3.67. The highest BCUT2D eigenvalue weighted by Crippen LogP contribution is 2.23. The minimum Gasteiger partial charge on any atom is -0.437 e. The summed E-state index contributed by atoms with van der Waals surface area (Å²) >= 11 is 0. The Morgan fingerprint density at radius 1 is 1.29 bits per heavy atom. The smallest absolute Gasteiger partial charge is 0.239 e. The van der Waals surface area contributed by atoms with Crippen molar-refractivity contribution in [2.75, 3.05) is 7.05 Å². The van der Waals surface area contributed by atoms with Crippen LogP contribution in [0, 0.1) is 6.92 Å². The maximum absolute atomic E-state index is 5.73. The van der Waals surface area contributed by atoms with Crippen molar-refractivity contribution >= 4 is 0 Å². The van der Waals surface area contributed by atoms with Crippen LogP contribution in [0.3, 0.4) is 0 Å². The van der Waals surface area contributed by atoms with Crippen molar-refractivity contribution in [2.45, 2.75) is 13.5 Å². The zero-order valence-electron chi connectivity index (χ0n) is 9.97. The lowest BCUT2D eigenvalue weighted by Crippen LogP contribution is -2.06. The van der Waals surface area contributed by atoms with Crippen LogP contribution in [0.15, 0.2) is 36.5 Å². The molecule has 0 saturated heterocycles. The lowest BCUT2D eigenvalue weighted by atomic mass is 10.2. The second-order valence-electron chi connectivity index (χ2n) is 3.81. The van der Waals surface area contributed by atoms with Gasteiger partial charge < -0.3 is 10.1 Å². The first-order valence-electron chi connectivity index (χ1n) is 5.49. The number of hydrogen-bond acceptors (Lipinski definition) is 4. The predicted octanol–water partition coefficient (Wildman–Crippen LogP) is 2.30. The summed E-state index contributed by atoms with van der Waals surface area (Å²) in [5, 5.41) is 10.9. The van der Waals surface area contributed by atoms with Crippen molar-refractivity contribution in [2.24, 2.45) is 0 Å². The fraction of sp³-hybridized carbons (Fsp3) is 0.231. The van der Waals surface area contributed by atoms with Crippen LogP contribution in [0.5, 0.6) is 11.6 Å². The molecule has 0 aliphatic rings. The second kappa shape index (κ2) is 5.41. The summed E-state index contributed by atoms with van der Waals surface area (Å²) in [6.07, 6.45) is 1.70. The van der Waals surface area contributed by atoms with Crippen LogP contribution in [0.25, 0.3) is 0 Å². The van der Waals surface area contributed by atoms with Gasteiger partial charge in [0, 0.05) is 18.2 Å². The van der Waals surface area contributed by atoms with Crippen molar-refractivity contribution in [3.63, 3.8) is 0 Å². The number of para-hydroxylation sites is 1. The van der Waals surface area contributed by atoms with Crippen molar-refractivity contribution in [3.8, 4) is 11.6 Å². The van der Waals surface area contributed by atoms with E-state index < -0.39 is 0 Å². The third kappa shape index (κ3) is 3.01. The van der Waals surface area contributed by atoms with Crippen molar-refractivity contribution in [1.29, 1.82) is 0 Å². The molecular weight excluding hydrogens is 214 g/mol. The van der Waals surface area contributed by atoms with Gasteiger partial charge in [0.05, 0.1) is 6.20 Å². The highest BCUT2D eigenvalue weighted by atomic mass is 16.5. The zero-order valence-corrected chi connectivity index (χ0v) is 9.97. The van der Waals surface area contributed by atoms with E-state index in [9.17, 15) is 0 Å². The van der Waals surface area contributed by atoms with Gasteiger partial charge in [-0.05, 0) is 25.6 Å². The van der Waals surface area contributed by atoms with Crippen LogP contribution >= 0.6 is 0 Å². The van der Waals surface area contributed by atoms with Gasteiger partial charge in [-0.2, -0.15) is 5.10 Å². The van der Waals surface area contributed by atoms with Gasteiger partial charge in [-0.25, -0.2) is 0 Å². The standard InChI is InChI=1S/C13H15N3O/c1-10-7-13(16-15-8-10)17-12-6-4-3-5-11(12)9-14-2/h3-8,14H,9H2,1-2H3. The molecule has 1 N–H and O–H groups in total. The summed E-state index contributed by atoms with van der Waals surface area (Å²) in [7, 11) is 1.91. The fourth-order valence-corrected chi connectivity index (χ4v) is 1.54. The van der Waals surface area contributed by atoms with Gasteiger partial charge in [-0.3, -0.25) is 0 Å². The van der Waals surface area contributed by atoms with E-state index in [-0.39, 0.29) is 0 Å². The van der Waals surface area contributed by atoms with Crippen molar-refractivity contribution < 1.29 is 4.74 Å². The summed E-state index contributed by atoms with van der Waals surface area (Å²) in [4.78, 5) is 0. The van der Waals surface area contributed by atoms with E-state index in [1.807, 2.05) is 44.3 Å². The molecule has 0 aliphatic carbocycles. The summed E-state index contributed by atoms with van der Waals surface area (Å²) < 4.78 is 5.73. The van der Waals surface area contributed by atoms with Crippen LogP contribution in [0.2, 0.25) is 0 Å². The summed E-state index contributed by atoms with van der Waals surface area (Å²) in [5.41, 5.74) is 2.12. The third-order valence-corrected chi connectivity index (χ3v) is 2.32. The highest BCUT2D eigenvalue weighted by molar-refractivity contribution is 5.36. The monoisotopic (exact) mass is 229 g/mol. The average molecular weight is 229 g/mol. The lowest BCUT2D eigenvalue weighted by Gasteiger charge is -2.09. The van der Waals surface area contributed by atoms with Crippen LogP contribution in [0.1, 0.15) is 11.1 Å². The quantitative estimate of drug-likeness (QED) is 0.873. The molecule has 4 nitrogen and oxygen atoms in total. The van der Waals surface area contributed by atoms with Crippen LogP contribution < -0.4 is 10.1 Å². The minimum absolute atomic E-state index is 0.522. The molecule has 1 aromatic heterocycles. The third-order valence-electron chi connectivity index (χ3n) is 2.32. The SMILES string of the molecule is CNCc1ccccc1Oc1cc(C)cnn1. The highest BCUT2D eigenvalue weighted by Gasteiger charge is 2.04. The van der Waals surface area contributed by atoms with Gasteiger partial charge in [0.2, 0.25) is 5.88 Å². The molecule has 1 aromatic carbocycles. The van der Waals surface area contributed by atoms with Gasteiger partial charge in [0.1, 0.15) is 5.75 Å². The Morgan fingerprint density at radius 2 is 2.12 bits per heavy atom. The van der Waals surface area contributed by atoms with Gasteiger partial charge in [-0.1, -0.05) is 18.2 Å². The summed E-state index contributed by atoms with van der Waals surface area (Å²) in [5.74, 6) is 1.33. The molecule has 1 heterocycles. The van der Waals surface area contributed by atoms with E-state index in [0.717, 1.165) is 23.4 Å². The number of nitrogens with one attached hydrogen (secondary N) is 1. The molecule has 0 bridgehead atoms. The van der Waals surface area contributed by atoms with Crippen molar-refractivity contribution in [1.82, 2.24) is 15.5 Å². The number of hydrogen-bond donors (Lipinski definition) is 1. The molecule has 0 unspecified atom stereocenters. The zero-order chi connectivity index (χ0) is 12.1. The van der Waals surface area contributed by atoms with Crippen molar-refractivity contribution in [3.05, 3.63) is 47.7 Å². The molecule has 0 atom stereocenters. The molecule has 0 radical (unpaired) electrons. The van der Waals surface area contributed by atoms with E-state index >= 15 is 0 Å². The Hall–Kier alpha value is -1.94. The number of ether oxygens (including phenoxy) is 1. The predicted molar refractivity (Wildman–Crippen MR) is 66.0 cm³/mol. The second-order valence-corrected chi connectivity index (χ2v) is 3.81. The van der Waals surface area contributed by atoms with Gasteiger partial charge in [0.25, 0.3) is 0 Å². The Balaban J connectivity index is 2.23. The first-order chi connectivity index (χ1) is 8.29. The minimum atomic E-state index is 0.522. The van der Waals surface area contributed by atoms with E-state index in [1.54, 1.807) is 6.20 Å². The van der Waals surface area contributed by atoms with E-state index in [4.69, 9.17) is 4.74 Å². The van der Waals surface area contributed by atoms with E-state index in [2.05, 4.69) is 15.5 Å². The molecule has 0 aliphatic heterocycles. The Labute approximate surface area is 101 Å². The first-order valence-corrected chi connectivity index (χ1v) is 5.49. The van der Waals surface area contributed by atoms with Crippen LogP contribution in [0.4, 0.5) is 0 Å². The molecule has 17 heavy (non-hydrogen) atoms. The van der Waals surface area contributed by atoms with Crippen LogP contribution in [-0.2, 0) is 6.54 Å². The van der Waals surface area contributed by atoms with Crippen LogP contribution in [-0.4, -0.2) is 17.2 Å². The molecule has 0 fully saturated rings. The molecule has 0 amide bonds. The molecular formula is C13H15N3O. The maximum atomic E-state index is 5.73. The maximum Gasteiger partial charge on any atom is 0.239 e. The number of aryl methyl sites for hydroxylation is 1. The average Bonchev–Trinajstić information content (AvgIpc) is 2.32. The number of rotatable bonds is 4. The largest absolute Gasteiger partial charge is 0.437 e. The Morgan fingerprint density at radius 3 is 2.88 bits per heavy atom. The van der Waals surface area contributed by atoms with Gasteiger partial charge in [0.15, 0.2) is 0 Å². The summed E-state index contributed by atoms with van der Waals surface area (Å²) in [6, 6.07) is 9.74. The van der Waals surface area contributed by atoms with E-state index in [1.165, 1.54) is 0 Å². The normalized spacial score (nSPS) is 10.2. The molecule has 2 rings (SSSR count). The molecule has 2 aromatic rings. The molecule has 0 spiro atoms. The molecule has 4 heteroatoms. The van der Waals surface area contributed by atoms with Gasteiger partial charge in [-0.15, -0.1) is 5.10 Å². The molecule has 0 saturated carbocycles. The summed E-state index contributed by atoms with van der Waals surface area (Å²) in [6.45, 7) is 2.72. The number of aromatic nitrogens is 2.